The van der Waals surface area contributed by atoms with Crippen LogP contribution in [0.2, 0.25) is 0 Å². The maximum atomic E-state index is 13.2. The molecule has 2 aromatic carbocycles. The Morgan fingerprint density at radius 2 is 1.74 bits per heavy atom. The second kappa shape index (κ2) is 6.28. The number of carbonyl (C=O) groups excluding carboxylic acids is 2. The van der Waals surface area contributed by atoms with Crippen LogP contribution in [0.4, 0.5) is 10.5 Å². The lowest BCUT2D eigenvalue weighted by atomic mass is 9.96. The maximum absolute atomic E-state index is 13.2. The first-order valence-corrected chi connectivity index (χ1v) is 8.45. The van der Waals surface area contributed by atoms with Crippen molar-refractivity contribution in [3.8, 4) is 0 Å². The monoisotopic (exact) mass is 363 g/mol. The summed E-state index contributed by atoms with van der Waals surface area (Å²) in [6.45, 7) is 0.258. The van der Waals surface area contributed by atoms with Gasteiger partial charge in [0.05, 0.1) is 29.4 Å². The van der Waals surface area contributed by atoms with Gasteiger partial charge in [-0.3, -0.25) is 9.69 Å². The Hall–Kier alpha value is -3.61. The van der Waals surface area contributed by atoms with Crippen molar-refractivity contribution < 1.29 is 19.5 Å². The van der Waals surface area contributed by atoms with Gasteiger partial charge >= 0.3 is 12.0 Å². The van der Waals surface area contributed by atoms with Gasteiger partial charge in [0.15, 0.2) is 0 Å². The number of rotatable bonds is 3. The number of hydrogen-bond acceptors (Lipinski definition) is 3. The Morgan fingerprint density at radius 1 is 1.07 bits per heavy atom. The number of anilines is 1. The predicted molar refractivity (Wildman–Crippen MR) is 98.3 cm³/mol. The third-order valence-electron chi connectivity index (χ3n) is 4.92. The van der Waals surface area contributed by atoms with Gasteiger partial charge in [0.1, 0.15) is 0 Å². The molecule has 0 saturated carbocycles. The lowest BCUT2D eigenvalue weighted by molar-refractivity contribution is -0.114. The van der Waals surface area contributed by atoms with Crippen LogP contribution >= 0.6 is 0 Å². The van der Waals surface area contributed by atoms with E-state index in [9.17, 15) is 14.4 Å². The van der Waals surface area contributed by atoms with Crippen LogP contribution in [0.3, 0.4) is 0 Å². The molecule has 0 aliphatic carbocycles. The highest BCUT2D eigenvalue weighted by Crippen LogP contribution is 2.37. The Bertz CT molecular complexity index is 966. The van der Waals surface area contributed by atoms with Crippen molar-refractivity contribution >= 4 is 23.6 Å². The smallest absolute Gasteiger partial charge is 0.335 e. The molecule has 7 nitrogen and oxygen atoms in total. The molecule has 1 atom stereocenters. The van der Waals surface area contributed by atoms with Crippen LogP contribution in [0.25, 0.3) is 0 Å². The minimum Gasteiger partial charge on any atom is -0.478 e. The highest BCUT2D eigenvalue weighted by molar-refractivity contribution is 6.11. The van der Waals surface area contributed by atoms with Crippen molar-refractivity contribution in [2.75, 3.05) is 18.5 Å². The molecule has 3 amide bonds. The van der Waals surface area contributed by atoms with Crippen LogP contribution in [-0.4, -0.2) is 41.5 Å². The number of benzene rings is 2. The van der Waals surface area contributed by atoms with E-state index >= 15 is 0 Å². The Kier molecular flexibility index (Phi) is 3.92. The summed E-state index contributed by atoms with van der Waals surface area (Å²) in [5.41, 5.74) is 2.76. The van der Waals surface area contributed by atoms with E-state index in [0.717, 1.165) is 5.56 Å². The molecule has 2 N–H and O–H groups in total. The number of aromatic carboxylic acids is 1. The number of nitrogens with one attached hydrogen (secondary N) is 1. The van der Waals surface area contributed by atoms with Gasteiger partial charge in [-0.05, 0) is 29.8 Å². The third-order valence-corrected chi connectivity index (χ3v) is 4.92. The zero-order valence-electron chi connectivity index (χ0n) is 14.5. The summed E-state index contributed by atoms with van der Waals surface area (Å²) in [6, 6.07) is 14.7. The van der Waals surface area contributed by atoms with Gasteiger partial charge in [0, 0.05) is 12.7 Å². The summed E-state index contributed by atoms with van der Waals surface area (Å²) in [7, 11) is 1.64. The lowest BCUT2D eigenvalue weighted by Gasteiger charge is -2.31. The lowest BCUT2D eigenvalue weighted by Crippen LogP contribution is -2.45. The van der Waals surface area contributed by atoms with Crippen LogP contribution in [0.15, 0.2) is 65.9 Å². The fraction of sp³-hybridized carbons (Fsp3) is 0.150. The van der Waals surface area contributed by atoms with E-state index in [0.29, 0.717) is 17.0 Å². The minimum absolute atomic E-state index is 0.152. The number of hydrogen-bond donors (Lipinski definition) is 2. The van der Waals surface area contributed by atoms with Crippen LogP contribution in [0, 0.1) is 0 Å². The van der Waals surface area contributed by atoms with Crippen LogP contribution in [-0.2, 0) is 4.79 Å². The number of carboxylic acids is 1. The fourth-order valence-electron chi connectivity index (χ4n) is 3.46. The summed E-state index contributed by atoms with van der Waals surface area (Å²) in [4.78, 5) is 39.6. The summed E-state index contributed by atoms with van der Waals surface area (Å²) < 4.78 is 0. The summed E-state index contributed by atoms with van der Waals surface area (Å²) in [5, 5.41) is 11.9. The second-order valence-corrected chi connectivity index (χ2v) is 6.46. The standard InChI is InChI=1S/C20H17N3O4/c1-22-15-11-23(14-9-7-13(8-10-14)19(25)26)18(24)16(15)17(21-20(22)27)12-5-3-2-4-6-12/h2-10,17H,11H2,1H3,(H,21,27)(H,25,26)/t17-/m1/s1. The molecule has 2 aliphatic rings. The number of amides is 3. The molecule has 0 radical (unpaired) electrons. The summed E-state index contributed by atoms with van der Waals surface area (Å²) in [6.07, 6.45) is 0. The first-order chi connectivity index (χ1) is 13.0. The van der Waals surface area contributed by atoms with Gasteiger partial charge in [-0.25, -0.2) is 9.59 Å². The van der Waals surface area contributed by atoms with Gasteiger partial charge in [0.25, 0.3) is 5.91 Å². The molecular formula is C20H17N3O4. The zero-order chi connectivity index (χ0) is 19.1. The third kappa shape index (κ3) is 2.73. The van der Waals surface area contributed by atoms with Gasteiger partial charge in [-0.1, -0.05) is 30.3 Å². The number of likely N-dealkylation sites (N-methyl/N-ethyl adjacent to an activating group) is 1. The fourth-order valence-corrected chi connectivity index (χ4v) is 3.46. The van der Waals surface area contributed by atoms with Crippen molar-refractivity contribution in [2.45, 2.75) is 6.04 Å². The Morgan fingerprint density at radius 3 is 2.37 bits per heavy atom. The average Bonchev–Trinajstić information content (AvgIpc) is 3.03. The molecule has 0 saturated heterocycles. The number of urea groups is 1. The van der Waals surface area contributed by atoms with Crippen molar-refractivity contribution in [3.05, 3.63) is 77.0 Å². The normalized spacial score (nSPS) is 19.2. The van der Waals surface area contributed by atoms with Gasteiger partial charge in [0.2, 0.25) is 0 Å². The van der Waals surface area contributed by atoms with Crippen LogP contribution in [0.1, 0.15) is 22.0 Å². The highest BCUT2D eigenvalue weighted by atomic mass is 16.4. The van der Waals surface area contributed by atoms with Crippen molar-refractivity contribution in [2.24, 2.45) is 0 Å². The summed E-state index contributed by atoms with van der Waals surface area (Å²) >= 11 is 0. The molecule has 4 rings (SSSR count). The molecule has 136 valence electrons. The van der Waals surface area contributed by atoms with E-state index < -0.39 is 12.0 Å². The molecule has 0 unspecified atom stereocenters. The molecule has 0 bridgehead atoms. The second-order valence-electron chi connectivity index (χ2n) is 6.46. The SMILES string of the molecule is CN1C(=O)N[C@H](c2ccccc2)C2=C1CN(c1ccc(C(=O)O)cc1)C2=O. The molecule has 0 fully saturated rings. The van der Waals surface area contributed by atoms with Gasteiger partial charge in [-0.15, -0.1) is 0 Å². The summed E-state index contributed by atoms with van der Waals surface area (Å²) in [5.74, 6) is -1.22. The first-order valence-electron chi connectivity index (χ1n) is 8.45. The average molecular weight is 363 g/mol. The molecule has 0 aromatic heterocycles. The molecule has 7 heteroatoms. The predicted octanol–water partition coefficient (Wildman–Crippen LogP) is 2.38. The van der Waals surface area contributed by atoms with E-state index in [4.69, 9.17) is 5.11 Å². The maximum Gasteiger partial charge on any atom is 0.335 e. The van der Waals surface area contributed by atoms with Crippen LogP contribution in [0.5, 0.6) is 0 Å². The van der Waals surface area contributed by atoms with Crippen LogP contribution < -0.4 is 10.2 Å². The van der Waals surface area contributed by atoms with E-state index in [2.05, 4.69) is 5.32 Å². The zero-order valence-corrected chi connectivity index (χ0v) is 14.5. The topological polar surface area (TPSA) is 90.0 Å². The van der Waals surface area contributed by atoms with Crippen molar-refractivity contribution in [3.63, 3.8) is 0 Å². The number of nitrogens with zero attached hydrogens (tertiary/aromatic N) is 2. The Balaban J connectivity index is 1.72. The highest BCUT2D eigenvalue weighted by Gasteiger charge is 2.43. The Labute approximate surface area is 155 Å². The van der Waals surface area contributed by atoms with E-state index in [1.165, 1.54) is 17.0 Å². The first kappa shape index (κ1) is 16.8. The minimum atomic E-state index is -1.02. The molecule has 0 spiro atoms. The number of carboxylic acid groups (broad SMARTS) is 1. The van der Waals surface area contributed by atoms with Crippen molar-refractivity contribution in [1.29, 1.82) is 0 Å². The molecular weight excluding hydrogens is 346 g/mol. The van der Waals surface area contributed by atoms with E-state index in [1.807, 2.05) is 30.3 Å². The molecule has 2 aliphatic heterocycles. The quantitative estimate of drug-likeness (QED) is 0.876. The van der Waals surface area contributed by atoms with E-state index in [-0.39, 0.29) is 24.0 Å². The van der Waals surface area contributed by atoms with Gasteiger partial charge < -0.3 is 15.3 Å². The van der Waals surface area contributed by atoms with Crippen molar-refractivity contribution in [1.82, 2.24) is 10.2 Å². The molecule has 2 heterocycles. The molecule has 2 aromatic rings. The van der Waals surface area contributed by atoms with E-state index in [1.54, 1.807) is 24.1 Å². The van der Waals surface area contributed by atoms with Gasteiger partial charge in [-0.2, -0.15) is 0 Å². The number of carbonyl (C=O) groups is 3. The molecule has 27 heavy (non-hydrogen) atoms. The largest absolute Gasteiger partial charge is 0.478 e.